The van der Waals surface area contributed by atoms with Crippen molar-refractivity contribution in [2.45, 2.75) is 26.7 Å². The fourth-order valence-corrected chi connectivity index (χ4v) is 4.78. The molecule has 0 fully saturated rings. The number of phenols is 2. The molecular formula is C31H26O6. The van der Waals surface area contributed by atoms with Crippen molar-refractivity contribution in [3.63, 3.8) is 0 Å². The first kappa shape index (κ1) is 24.1. The largest absolute Gasteiger partial charge is 0.508 e. The second-order valence-electron chi connectivity index (χ2n) is 10.1. The molecule has 0 saturated heterocycles. The molecule has 0 amide bonds. The van der Waals surface area contributed by atoms with Crippen LogP contribution in [-0.4, -0.2) is 22.2 Å². The van der Waals surface area contributed by atoms with Crippen LogP contribution < -0.4 is 0 Å². The molecule has 0 saturated carbocycles. The molecule has 6 nitrogen and oxygen atoms in total. The highest BCUT2D eigenvalue weighted by Crippen LogP contribution is 2.51. The van der Waals surface area contributed by atoms with E-state index in [1.807, 2.05) is 57.2 Å². The summed E-state index contributed by atoms with van der Waals surface area (Å²) < 4.78 is 12.1. The number of benzene rings is 4. The second kappa shape index (κ2) is 9.13. The van der Waals surface area contributed by atoms with Crippen LogP contribution >= 0.6 is 0 Å². The molecule has 0 aliphatic heterocycles. The van der Waals surface area contributed by atoms with Crippen molar-refractivity contribution in [1.82, 2.24) is 0 Å². The summed E-state index contributed by atoms with van der Waals surface area (Å²) in [5, 5.41) is 21.2. The van der Waals surface area contributed by atoms with E-state index < -0.39 is 23.3 Å². The first-order valence-corrected chi connectivity index (χ1v) is 11.9. The van der Waals surface area contributed by atoms with Gasteiger partial charge in [0, 0.05) is 5.56 Å². The van der Waals surface area contributed by atoms with Gasteiger partial charge < -0.3 is 19.7 Å². The van der Waals surface area contributed by atoms with E-state index in [2.05, 4.69) is 0 Å². The van der Waals surface area contributed by atoms with Crippen molar-refractivity contribution in [2.24, 2.45) is 5.41 Å². The predicted octanol–water partition coefficient (Wildman–Crippen LogP) is 6.78. The molecule has 0 aromatic heterocycles. The van der Waals surface area contributed by atoms with E-state index in [9.17, 15) is 19.8 Å². The summed E-state index contributed by atoms with van der Waals surface area (Å²) >= 11 is 0. The number of hydrogen-bond acceptors (Lipinski definition) is 6. The molecule has 4 aromatic rings. The van der Waals surface area contributed by atoms with Crippen molar-refractivity contribution in [3.05, 3.63) is 113 Å². The van der Waals surface area contributed by atoms with E-state index >= 15 is 0 Å². The van der Waals surface area contributed by atoms with Gasteiger partial charge in [-0.05, 0) is 70.3 Å². The molecule has 2 N–H and O–H groups in total. The van der Waals surface area contributed by atoms with Gasteiger partial charge in [-0.1, -0.05) is 57.2 Å². The van der Waals surface area contributed by atoms with Crippen LogP contribution in [0.15, 0.2) is 90.7 Å². The first-order chi connectivity index (χ1) is 17.6. The number of esters is 2. The SMILES string of the molecule is CC(C)(C)C1C(OC(=O)c2ccc(O)cc2)=C(OC(=O)c2ccc(O)cc2)c2cccc3cccc1c23. The van der Waals surface area contributed by atoms with Crippen LogP contribution in [0.3, 0.4) is 0 Å². The van der Waals surface area contributed by atoms with Gasteiger partial charge in [-0.15, -0.1) is 0 Å². The highest BCUT2D eigenvalue weighted by molar-refractivity contribution is 6.02. The molecule has 1 atom stereocenters. The van der Waals surface area contributed by atoms with E-state index in [-0.39, 0.29) is 34.1 Å². The predicted molar refractivity (Wildman–Crippen MR) is 140 cm³/mol. The highest BCUT2D eigenvalue weighted by Gasteiger charge is 2.41. The van der Waals surface area contributed by atoms with Gasteiger partial charge in [0.05, 0.1) is 17.0 Å². The van der Waals surface area contributed by atoms with Gasteiger partial charge in [0.1, 0.15) is 11.5 Å². The lowest BCUT2D eigenvalue weighted by Gasteiger charge is -2.37. The van der Waals surface area contributed by atoms with Crippen molar-refractivity contribution < 1.29 is 29.3 Å². The van der Waals surface area contributed by atoms with Crippen molar-refractivity contribution >= 4 is 28.5 Å². The summed E-state index contributed by atoms with van der Waals surface area (Å²) in [5.41, 5.74) is 1.70. The topological polar surface area (TPSA) is 93.1 Å². The molecule has 186 valence electrons. The number of rotatable bonds is 4. The Hall–Kier alpha value is -4.58. The number of allylic oxidation sites excluding steroid dienone is 1. The van der Waals surface area contributed by atoms with Gasteiger partial charge in [0.15, 0.2) is 11.5 Å². The smallest absolute Gasteiger partial charge is 0.343 e. The Kier molecular flexibility index (Phi) is 5.96. The molecule has 4 aromatic carbocycles. The standard InChI is InChI=1S/C31H26O6/c1-31(2,3)26-23-8-4-6-18-7-5-9-24(25(18)23)27(36-29(34)19-10-14-21(32)15-11-19)28(26)37-30(35)20-12-16-22(33)17-13-20/h4-17,26,32-33H,1-3H3. The molecule has 0 bridgehead atoms. The molecular weight excluding hydrogens is 468 g/mol. The van der Waals surface area contributed by atoms with Gasteiger partial charge in [-0.3, -0.25) is 0 Å². The van der Waals surface area contributed by atoms with E-state index in [1.54, 1.807) is 0 Å². The Morgan fingerprint density at radius 1 is 0.703 bits per heavy atom. The zero-order chi connectivity index (χ0) is 26.3. The zero-order valence-corrected chi connectivity index (χ0v) is 20.7. The van der Waals surface area contributed by atoms with Crippen molar-refractivity contribution in [2.75, 3.05) is 0 Å². The van der Waals surface area contributed by atoms with Gasteiger partial charge in [-0.2, -0.15) is 0 Å². The average Bonchev–Trinajstić information content (AvgIpc) is 2.86. The zero-order valence-electron chi connectivity index (χ0n) is 20.7. The molecule has 1 aliphatic carbocycles. The van der Waals surface area contributed by atoms with E-state index in [0.717, 1.165) is 16.3 Å². The number of hydrogen-bond donors (Lipinski definition) is 2. The summed E-state index contributed by atoms with van der Waals surface area (Å²) in [4.78, 5) is 26.5. The fourth-order valence-electron chi connectivity index (χ4n) is 4.78. The molecule has 6 heteroatoms. The van der Waals surface area contributed by atoms with Crippen LogP contribution in [0.25, 0.3) is 16.5 Å². The summed E-state index contributed by atoms with van der Waals surface area (Å²) in [6, 6.07) is 23.2. The van der Waals surface area contributed by atoms with Crippen LogP contribution in [0.4, 0.5) is 0 Å². The monoisotopic (exact) mass is 494 g/mol. The molecule has 1 unspecified atom stereocenters. The Bertz CT molecular complexity index is 1530. The number of ether oxygens (including phenoxy) is 2. The summed E-state index contributed by atoms with van der Waals surface area (Å²) in [6.45, 7) is 6.12. The second-order valence-corrected chi connectivity index (χ2v) is 10.1. The van der Waals surface area contributed by atoms with Crippen LogP contribution in [0, 0.1) is 5.41 Å². The third kappa shape index (κ3) is 4.54. The van der Waals surface area contributed by atoms with Crippen LogP contribution in [-0.2, 0) is 9.47 Å². The number of carbonyl (C=O) groups excluding carboxylic acids is 2. The lowest BCUT2D eigenvalue weighted by atomic mass is 9.70. The lowest BCUT2D eigenvalue weighted by Crippen LogP contribution is -2.28. The normalized spacial score (nSPS) is 14.9. The minimum absolute atomic E-state index is 0.0310. The maximum Gasteiger partial charge on any atom is 0.343 e. The summed E-state index contributed by atoms with van der Waals surface area (Å²) in [7, 11) is 0. The van der Waals surface area contributed by atoms with E-state index in [4.69, 9.17) is 9.47 Å². The Morgan fingerprint density at radius 2 is 1.22 bits per heavy atom. The van der Waals surface area contributed by atoms with Gasteiger partial charge in [-0.25, -0.2) is 9.59 Å². The maximum absolute atomic E-state index is 13.3. The number of phenolic OH excluding ortho intramolecular Hbond substituents is 2. The minimum Gasteiger partial charge on any atom is -0.508 e. The van der Waals surface area contributed by atoms with Gasteiger partial charge in [0.25, 0.3) is 0 Å². The van der Waals surface area contributed by atoms with Gasteiger partial charge in [0.2, 0.25) is 0 Å². The number of carbonyl (C=O) groups is 2. The minimum atomic E-state index is -0.641. The first-order valence-electron chi connectivity index (χ1n) is 11.9. The van der Waals surface area contributed by atoms with Crippen molar-refractivity contribution in [1.29, 1.82) is 0 Å². The van der Waals surface area contributed by atoms with Crippen LogP contribution in [0.5, 0.6) is 11.5 Å². The van der Waals surface area contributed by atoms with Crippen LogP contribution in [0.1, 0.15) is 58.5 Å². The Morgan fingerprint density at radius 3 is 1.76 bits per heavy atom. The third-order valence-corrected chi connectivity index (χ3v) is 6.45. The van der Waals surface area contributed by atoms with Gasteiger partial charge >= 0.3 is 11.9 Å². The Balaban J connectivity index is 1.70. The lowest BCUT2D eigenvalue weighted by molar-refractivity contribution is 0.0539. The molecule has 5 rings (SSSR count). The highest BCUT2D eigenvalue weighted by atomic mass is 16.6. The van der Waals surface area contributed by atoms with E-state index in [1.165, 1.54) is 48.5 Å². The van der Waals surface area contributed by atoms with Crippen molar-refractivity contribution in [3.8, 4) is 11.5 Å². The average molecular weight is 495 g/mol. The molecule has 1 aliphatic rings. The molecule has 0 spiro atoms. The summed E-state index contributed by atoms with van der Waals surface area (Å²) in [6.07, 6.45) is 0. The summed E-state index contributed by atoms with van der Waals surface area (Å²) in [5.74, 6) is -1.20. The molecule has 0 heterocycles. The van der Waals surface area contributed by atoms with Crippen LogP contribution in [0.2, 0.25) is 0 Å². The quantitative estimate of drug-likeness (QED) is 0.304. The third-order valence-electron chi connectivity index (χ3n) is 6.45. The van der Waals surface area contributed by atoms with E-state index in [0.29, 0.717) is 5.56 Å². The molecule has 0 radical (unpaired) electrons. The molecule has 37 heavy (non-hydrogen) atoms. The number of aromatic hydroxyl groups is 2. The maximum atomic E-state index is 13.3. The Labute approximate surface area is 214 Å². The fraction of sp³-hybridized carbons (Fsp3) is 0.161.